The Morgan fingerprint density at radius 2 is 1.86 bits per heavy atom. The largest absolute Gasteiger partial charge is 0.370 e. The normalized spacial score (nSPS) is 17.3. The van der Waals surface area contributed by atoms with Gasteiger partial charge in [0.05, 0.1) is 18.9 Å². The molecule has 0 spiro atoms. The first-order valence-corrected chi connectivity index (χ1v) is 11.6. The number of hydrogen-bond acceptors (Lipinski definition) is 4. The van der Waals surface area contributed by atoms with E-state index >= 15 is 0 Å². The van der Waals surface area contributed by atoms with E-state index in [1.807, 2.05) is 66.4 Å². The summed E-state index contributed by atoms with van der Waals surface area (Å²) in [6.45, 7) is 3.83. The summed E-state index contributed by atoms with van der Waals surface area (Å²) in [5.74, 6) is -0.0179. The van der Waals surface area contributed by atoms with E-state index in [9.17, 15) is 13.2 Å². The van der Waals surface area contributed by atoms with Gasteiger partial charge in [-0.1, -0.05) is 60.2 Å². The molecule has 1 amide bonds. The predicted molar refractivity (Wildman–Crippen MR) is 113 cm³/mol. The average molecular weight is 417 g/mol. The second kappa shape index (κ2) is 10.0. The zero-order valence-corrected chi connectivity index (χ0v) is 17.5. The van der Waals surface area contributed by atoms with E-state index in [0.29, 0.717) is 32.5 Å². The highest BCUT2D eigenvalue weighted by Gasteiger charge is 2.25. The van der Waals surface area contributed by atoms with Crippen LogP contribution in [0.2, 0.25) is 0 Å². The molecule has 0 aliphatic carbocycles. The van der Waals surface area contributed by atoms with Crippen LogP contribution in [0.25, 0.3) is 0 Å². The lowest BCUT2D eigenvalue weighted by Gasteiger charge is -2.33. The Labute approximate surface area is 172 Å². The first-order valence-electron chi connectivity index (χ1n) is 9.90. The number of hydrogen-bond donors (Lipinski definition) is 1. The molecular formula is C22H28N2O4S. The van der Waals surface area contributed by atoms with Crippen LogP contribution in [0.1, 0.15) is 35.6 Å². The van der Waals surface area contributed by atoms with Crippen LogP contribution in [0.3, 0.4) is 0 Å². The minimum atomic E-state index is -3.41. The maximum absolute atomic E-state index is 12.5. The van der Waals surface area contributed by atoms with Gasteiger partial charge in [-0.05, 0) is 24.5 Å². The van der Waals surface area contributed by atoms with Crippen LogP contribution < -0.4 is 4.72 Å². The Kier molecular flexibility index (Phi) is 7.41. The molecule has 1 unspecified atom stereocenters. The number of rotatable bonds is 8. The monoisotopic (exact) mass is 416 g/mol. The predicted octanol–water partition coefficient (Wildman–Crippen LogP) is 2.79. The van der Waals surface area contributed by atoms with Crippen molar-refractivity contribution in [3.63, 3.8) is 0 Å². The smallest absolute Gasteiger partial charge is 0.222 e. The van der Waals surface area contributed by atoms with Gasteiger partial charge in [-0.15, -0.1) is 0 Å². The summed E-state index contributed by atoms with van der Waals surface area (Å²) in [4.78, 5) is 14.3. The van der Waals surface area contributed by atoms with Gasteiger partial charge in [-0.3, -0.25) is 4.79 Å². The molecule has 2 aromatic rings. The number of sulfonamides is 1. The van der Waals surface area contributed by atoms with Crippen molar-refractivity contribution < 1.29 is 17.9 Å². The molecule has 1 atom stereocenters. The van der Waals surface area contributed by atoms with Gasteiger partial charge in [0.25, 0.3) is 0 Å². The molecule has 6 nitrogen and oxygen atoms in total. The van der Waals surface area contributed by atoms with Crippen molar-refractivity contribution in [3.05, 3.63) is 71.3 Å². The van der Waals surface area contributed by atoms with Gasteiger partial charge in [-0.2, -0.15) is 0 Å². The van der Waals surface area contributed by atoms with Crippen molar-refractivity contribution in [2.24, 2.45) is 0 Å². The molecule has 2 aromatic carbocycles. The zero-order chi connectivity index (χ0) is 20.7. The van der Waals surface area contributed by atoms with E-state index in [4.69, 9.17) is 4.74 Å². The summed E-state index contributed by atoms with van der Waals surface area (Å²) in [6, 6.07) is 17.3. The van der Waals surface area contributed by atoms with E-state index in [2.05, 4.69) is 4.72 Å². The second-order valence-corrected chi connectivity index (χ2v) is 9.16. The molecule has 0 bridgehead atoms. The minimum absolute atomic E-state index is 0.0342. The summed E-state index contributed by atoms with van der Waals surface area (Å²) in [5.41, 5.74) is 2.91. The lowest BCUT2D eigenvalue weighted by molar-refractivity contribution is -0.139. The van der Waals surface area contributed by atoms with Crippen molar-refractivity contribution in [2.75, 3.05) is 26.2 Å². The summed E-state index contributed by atoms with van der Waals surface area (Å²) < 4.78 is 32.8. The number of morpholine rings is 1. The van der Waals surface area contributed by atoms with Crippen molar-refractivity contribution in [2.45, 2.75) is 31.6 Å². The molecule has 3 rings (SSSR count). The van der Waals surface area contributed by atoms with Crippen LogP contribution in [0, 0.1) is 6.92 Å². The summed E-state index contributed by atoms with van der Waals surface area (Å²) in [6.07, 6.45) is 0.676. The molecule has 156 valence electrons. The van der Waals surface area contributed by atoms with Gasteiger partial charge in [0.1, 0.15) is 6.10 Å². The average Bonchev–Trinajstić information content (AvgIpc) is 2.73. The van der Waals surface area contributed by atoms with Crippen molar-refractivity contribution >= 4 is 15.9 Å². The molecule has 7 heteroatoms. The Balaban J connectivity index is 1.41. The van der Waals surface area contributed by atoms with Gasteiger partial charge in [0.2, 0.25) is 15.9 Å². The standard InChI is InChI=1S/C22H28N2O4S/c1-18-9-11-19(12-10-18)17-29(26,27)23-13-5-8-22(25)24-14-15-28-21(16-24)20-6-3-2-4-7-20/h2-4,6-7,9-12,21,23H,5,8,13-17H2,1H3. The lowest BCUT2D eigenvalue weighted by atomic mass is 10.1. The minimum Gasteiger partial charge on any atom is -0.370 e. The number of amides is 1. The molecule has 0 radical (unpaired) electrons. The zero-order valence-electron chi connectivity index (χ0n) is 16.7. The molecule has 1 N–H and O–H groups in total. The Bertz CT molecular complexity index is 898. The third-order valence-electron chi connectivity index (χ3n) is 4.96. The molecule has 0 aromatic heterocycles. The first-order chi connectivity index (χ1) is 13.9. The highest BCUT2D eigenvalue weighted by Crippen LogP contribution is 2.22. The fraction of sp³-hybridized carbons (Fsp3) is 0.409. The van der Waals surface area contributed by atoms with E-state index in [0.717, 1.165) is 16.7 Å². The first kappa shape index (κ1) is 21.5. The fourth-order valence-electron chi connectivity index (χ4n) is 3.33. The van der Waals surface area contributed by atoms with Gasteiger partial charge in [-0.25, -0.2) is 13.1 Å². The van der Waals surface area contributed by atoms with Crippen LogP contribution in [0.4, 0.5) is 0 Å². The lowest BCUT2D eigenvalue weighted by Crippen LogP contribution is -2.42. The van der Waals surface area contributed by atoms with E-state index in [1.54, 1.807) is 0 Å². The SMILES string of the molecule is Cc1ccc(CS(=O)(=O)NCCCC(=O)N2CCOC(c3ccccc3)C2)cc1. The molecular weight excluding hydrogens is 388 g/mol. The third kappa shape index (κ3) is 6.66. The molecule has 0 saturated carbocycles. The Morgan fingerprint density at radius 1 is 1.14 bits per heavy atom. The second-order valence-electron chi connectivity index (χ2n) is 7.35. The number of nitrogens with one attached hydrogen (secondary N) is 1. The summed E-state index contributed by atoms with van der Waals surface area (Å²) in [5, 5.41) is 0. The van der Waals surface area contributed by atoms with Crippen molar-refractivity contribution in [3.8, 4) is 0 Å². The fourth-order valence-corrected chi connectivity index (χ4v) is 4.51. The quantitative estimate of drug-likeness (QED) is 0.672. The van der Waals surface area contributed by atoms with Crippen LogP contribution >= 0.6 is 0 Å². The van der Waals surface area contributed by atoms with Gasteiger partial charge in [0.15, 0.2) is 0 Å². The van der Waals surface area contributed by atoms with Crippen molar-refractivity contribution in [1.29, 1.82) is 0 Å². The molecule has 1 fully saturated rings. The molecule has 1 saturated heterocycles. The maximum Gasteiger partial charge on any atom is 0.222 e. The van der Waals surface area contributed by atoms with Gasteiger partial charge in [0, 0.05) is 19.5 Å². The Morgan fingerprint density at radius 3 is 2.59 bits per heavy atom. The molecule has 1 heterocycles. The summed E-state index contributed by atoms with van der Waals surface area (Å²) in [7, 11) is -3.41. The highest BCUT2D eigenvalue weighted by molar-refractivity contribution is 7.88. The number of nitrogens with zero attached hydrogens (tertiary/aromatic N) is 1. The van der Waals surface area contributed by atoms with Gasteiger partial charge >= 0.3 is 0 Å². The van der Waals surface area contributed by atoms with E-state index < -0.39 is 10.0 Å². The third-order valence-corrected chi connectivity index (χ3v) is 6.31. The number of carbonyl (C=O) groups is 1. The van der Waals surface area contributed by atoms with E-state index in [-0.39, 0.29) is 24.3 Å². The van der Waals surface area contributed by atoms with Crippen LogP contribution in [0.15, 0.2) is 54.6 Å². The van der Waals surface area contributed by atoms with Crippen LogP contribution in [-0.4, -0.2) is 45.5 Å². The number of benzene rings is 2. The van der Waals surface area contributed by atoms with Crippen LogP contribution in [0.5, 0.6) is 0 Å². The topological polar surface area (TPSA) is 75.7 Å². The summed E-state index contributed by atoms with van der Waals surface area (Å²) >= 11 is 0. The van der Waals surface area contributed by atoms with Crippen LogP contribution in [-0.2, 0) is 25.3 Å². The molecule has 1 aliphatic rings. The number of ether oxygens (including phenoxy) is 1. The number of aryl methyl sites for hydroxylation is 1. The highest BCUT2D eigenvalue weighted by atomic mass is 32.2. The number of carbonyl (C=O) groups excluding carboxylic acids is 1. The molecule has 1 aliphatic heterocycles. The van der Waals surface area contributed by atoms with Crippen molar-refractivity contribution in [1.82, 2.24) is 9.62 Å². The Hall–Kier alpha value is -2.22. The maximum atomic E-state index is 12.5. The van der Waals surface area contributed by atoms with Gasteiger partial charge < -0.3 is 9.64 Å². The van der Waals surface area contributed by atoms with E-state index in [1.165, 1.54) is 0 Å². The molecule has 29 heavy (non-hydrogen) atoms.